The van der Waals surface area contributed by atoms with Crippen molar-refractivity contribution in [2.45, 2.75) is 18.9 Å². The van der Waals surface area contributed by atoms with Gasteiger partial charge in [0.15, 0.2) is 0 Å². The van der Waals surface area contributed by atoms with E-state index in [-0.39, 0.29) is 24.9 Å². The molecule has 4 rings (SSSR count). The lowest BCUT2D eigenvalue weighted by Crippen LogP contribution is -2.56. The summed E-state index contributed by atoms with van der Waals surface area (Å²) in [5.41, 5.74) is 1.42. The molecule has 30 heavy (non-hydrogen) atoms. The number of aliphatic hydroxyl groups is 2. The molecule has 2 N–H and O–H groups in total. The van der Waals surface area contributed by atoms with E-state index in [0.717, 1.165) is 11.1 Å². The summed E-state index contributed by atoms with van der Waals surface area (Å²) < 4.78 is 18.3. The molecule has 2 heterocycles. The summed E-state index contributed by atoms with van der Waals surface area (Å²) in [6, 6.07) is 15.2. The number of rotatable bonds is 5. The monoisotopic (exact) mass is 410 g/mol. The summed E-state index contributed by atoms with van der Waals surface area (Å²) in [4.78, 5) is 14.9. The van der Waals surface area contributed by atoms with Gasteiger partial charge in [0.1, 0.15) is 23.3 Å². The second-order valence-corrected chi connectivity index (χ2v) is 7.80. The van der Waals surface area contributed by atoms with E-state index >= 15 is 0 Å². The Balaban J connectivity index is 1.59. The van der Waals surface area contributed by atoms with Gasteiger partial charge in [0, 0.05) is 24.1 Å². The fourth-order valence-electron chi connectivity index (χ4n) is 4.08. The number of carbonyl (C=O) groups is 1. The molecule has 0 saturated carbocycles. The first-order valence-corrected chi connectivity index (χ1v) is 9.85. The number of benzene rings is 2. The zero-order valence-corrected chi connectivity index (χ0v) is 16.4. The molecule has 7 heteroatoms. The van der Waals surface area contributed by atoms with Crippen LogP contribution in [0.1, 0.15) is 22.3 Å². The Labute approximate surface area is 173 Å². The van der Waals surface area contributed by atoms with Gasteiger partial charge in [0.25, 0.3) is 5.91 Å². The molecule has 0 radical (unpaired) electrons. The molecular weight excluding hydrogens is 387 g/mol. The SMILES string of the molecule is O=C(c1conc1-c1ccccc1)N1CC[C@H](O)[C@@](CO)(Cc2ccc(F)cc2)C1. The molecule has 1 amide bonds. The average Bonchev–Trinajstić information content (AvgIpc) is 3.27. The van der Waals surface area contributed by atoms with Gasteiger partial charge in [-0.1, -0.05) is 47.6 Å². The quantitative estimate of drug-likeness (QED) is 0.676. The van der Waals surface area contributed by atoms with E-state index in [0.29, 0.717) is 30.6 Å². The number of hydrogen-bond donors (Lipinski definition) is 2. The summed E-state index contributed by atoms with van der Waals surface area (Å²) in [7, 11) is 0. The van der Waals surface area contributed by atoms with Crippen molar-refractivity contribution < 1.29 is 23.9 Å². The van der Waals surface area contributed by atoms with Crippen LogP contribution >= 0.6 is 0 Å². The lowest BCUT2D eigenvalue weighted by Gasteiger charge is -2.45. The van der Waals surface area contributed by atoms with Crippen LogP contribution in [-0.4, -0.2) is 52.0 Å². The van der Waals surface area contributed by atoms with Gasteiger partial charge in [-0.3, -0.25) is 4.79 Å². The normalized spacial score (nSPS) is 21.6. The summed E-state index contributed by atoms with van der Waals surface area (Å²) in [6.45, 7) is 0.218. The molecule has 1 aromatic heterocycles. The lowest BCUT2D eigenvalue weighted by molar-refractivity contribution is -0.0668. The van der Waals surface area contributed by atoms with Crippen LogP contribution in [0, 0.1) is 11.2 Å². The first-order chi connectivity index (χ1) is 14.5. The average molecular weight is 410 g/mol. The van der Waals surface area contributed by atoms with Gasteiger partial charge < -0.3 is 19.6 Å². The van der Waals surface area contributed by atoms with E-state index in [1.54, 1.807) is 17.0 Å². The number of halogens is 1. The van der Waals surface area contributed by atoms with E-state index in [9.17, 15) is 19.4 Å². The van der Waals surface area contributed by atoms with Crippen LogP contribution in [-0.2, 0) is 6.42 Å². The molecule has 1 aliphatic heterocycles. The lowest BCUT2D eigenvalue weighted by atomic mass is 9.73. The van der Waals surface area contributed by atoms with Crippen molar-refractivity contribution >= 4 is 5.91 Å². The molecular formula is C23H23FN2O4. The van der Waals surface area contributed by atoms with Crippen molar-refractivity contribution in [3.63, 3.8) is 0 Å². The third-order valence-corrected chi connectivity index (χ3v) is 5.80. The first kappa shape index (κ1) is 20.3. The topological polar surface area (TPSA) is 86.8 Å². The van der Waals surface area contributed by atoms with Crippen LogP contribution in [0.4, 0.5) is 4.39 Å². The highest BCUT2D eigenvalue weighted by atomic mass is 19.1. The van der Waals surface area contributed by atoms with Crippen molar-refractivity contribution in [1.29, 1.82) is 0 Å². The number of piperidine rings is 1. The Morgan fingerprint density at radius 2 is 1.93 bits per heavy atom. The van der Waals surface area contributed by atoms with Crippen molar-refractivity contribution in [3.05, 3.63) is 77.8 Å². The van der Waals surface area contributed by atoms with E-state index in [4.69, 9.17) is 4.52 Å². The molecule has 0 bridgehead atoms. The predicted octanol–water partition coefficient (Wildman–Crippen LogP) is 2.91. The van der Waals surface area contributed by atoms with Crippen molar-refractivity contribution in [2.24, 2.45) is 5.41 Å². The van der Waals surface area contributed by atoms with Gasteiger partial charge in [-0.25, -0.2) is 4.39 Å². The van der Waals surface area contributed by atoms with Crippen LogP contribution in [0.5, 0.6) is 0 Å². The number of hydrogen-bond acceptors (Lipinski definition) is 5. The number of aromatic nitrogens is 1. The van der Waals surface area contributed by atoms with Crippen LogP contribution in [0.2, 0.25) is 0 Å². The summed E-state index contributed by atoms with van der Waals surface area (Å²) >= 11 is 0. The highest BCUT2D eigenvalue weighted by molar-refractivity contribution is 5.99. The predicted molar refractivity (Wildman–Crippen MR) is 108 cm³/mol. The zero-order chi connectivity index (χ0) is 21.1. The Morgan fingerprint density at radius 3 is 2.63 bits per heavy atom. The molecule has 3 aromatic rings. The van der Waals surface area contributed by atoms with Gasteiger partial charge in [-0.05, 0) is 30.5 Å². The third-order valence-electron chi connectivity index (χ3n) is 5.80. The fraction of sp³-hybridized carbons (Fsp3) is 0.304. The van der Waals surface area contributed by atoms with Gasteiger partial charge in [0.2, 0.25) is 0 Å². The Bertz CT molecular complexity index is 1010. The first-order valence-electron chi connectivity index (χ1n) is 9.85. The molecule has 6 nitrogen and oxygen atoms in total. The van der Waals surface area contributed by atoms with Crippen molar-refractivity contribution in [1.82, 2.24) is 10.1 Å². The summed E-state index contributed by atoms with van der Waals surface area (Å²) in [6.07, 6.45) is 1.20. The molecule has 0 spiro atoms. The van der Waals surface area contributed by atoms with Gasteiger partial charge in [0.05, 0.1) is 12.7 Å². The zero-order valence-electron chi connectivity index (χ0n) is 16.4. The smallest absolute Gasteiger partial charge is 0.259 e. The van der Waals surface area contributed by atoms with E-state index in [1.165, 1.54) is 18.4 Å². The highest BCUT2D eigenvalue weighted by Gasteiger charge is 2.44. The minimum Gasteiger partial charge on any atom is -0.396 e. The molecule has 1 aliphatic rings. The maximum absolute atomic E-state index is 13.3. The van der Waals surface area contributed by atoms with Crippen LogP contribution in [0.3, 0.4) is 0 Å². The molecule has 1 fully saturated rings. The van der Waals surface area contributed by atoms with Gasteiger partial charge in [-0.15, -0.1) is 0 Å². The maximum Gasteiger partial charge on any atom is 0.259 e. The molecule has 2 atom stereocenters. The number of nitrogens with zero attached hydrogens (tertiary/aromatic N) is 2. The van der Waals surface area contributed by atoms with Crippen molar-refractivity contribution in [2.75, 3.05) is 19.7 Å². The summed E-state index contributed by atoms with van der Waals surface area (Å²) in [5, 5.41) is 24.9. The number of amides is 1. The Kier molecular flexibility index (Phi) is 5.65. The number of carbonyl (C=O) groups excluding carboxylic acids is 1. The standard InChI is InChI=1S/C23H23FN2O4/c24-18-8-6-16(7-9-18)12-23(15-27)14-26(11-10-20(23)28)22(29)19-13-30-25-21(19)17-4-2-1-3-5-17/h1-9,13,20,27-28H,10-12,14-15H2/t20-,23-/m0/s1. The molecule has 0 unspecified atom stereocenters. The van der Waals surface area contributed by atoms with Gasteiger partial charge >= 0.3 is 0 Å². The fourth-order valence-corrected chi connectivity index (χ4v) is 4.08. The Hall–Kier alpha value is -3.03. The molecule has 1 saturated heterocycles. The van der Waals surface area contributed by atoms with Crippen LogP contribution in [0.25, 0.3) is 11.3 Å². The van der Waals surface area contributed by atoms with Crippen LogP contribution in [0.15, 0.2) is 65.4 Å². The Morgan fingerprint density at radius 1 is 1.20 bits per heavy atom. The maximum atomic E-state index is 13.3. The van der Waals surface area contributed by atoms with E-state index in [1.807, 2.05) is 30.3 Å². The molecule has 156 valence electrons. The summed E-state index contributed by atoms with van der Waals surface area (Å²) in [5.74, 6) is -0.613. The minimum absolute atomic E-state index is 0.167. The van der Waals surface area contributed by atoms with Crippen LogP contribution < -0.4 is 0 Å². The highest BCUT2D eigenvalue weighted by Crippen LogP contribution is 2.35. The number of aliphatic hydroxyl groups excluding tert-OH is 2. The van der Waals surface area contributed by atoms with E-state index < -0.39 is 11.5 Å². The van der Waals surface area contributed by atoms with E-state index in [2.05, 4.69) is 5.16 Å². The second-order valence-electron chi connectivity index (χ2n) is 7.80. The second kappa shape index (κ2) is 8.38. The van der Waals surface area contributed by atoms with Gasteiger partial charge in [-0.2, -0.15) is 0 Å². The minimum atomic E-state index is -0.935. The number of likely N-dealkylation sites (tertiary alicyclic amines) is 1. The van der Waals surface area contributed by atoms with Crippen molar-refractivity contribution in [3.8, 4) is 11.3 Å². The molecule has 2 aromatic carbocycles. The molecule has 0 aliphatic carbocycles. The third kappa shape index (κ3) is 3.86. The largest absolute Gasteiger partial charge is 0.396 e.